The highest BCUT2D eigenvalue weighted by molar-refractivity contribution is 5.94. The SMILES string of the molecule is Cc1ccc(-n2nc(-c3ccccc3F)cc2C(=O)NC(C)(C)C)cc1. The molecule has 1 heterocycles. The van der Waals surface area contributed by atoms with Crippen LogP contribution in [0.25, 0.3) is 16.9 Å². The first-order chi connectivity index (χ1) is 12.2. The van der Waals surface area contributed by atoms with Crippen LogP contribution in [0.15, 0.2) is 54.6 Å². The standard InChI is InChI=1S/C21H22FN3O/c1-14-9-11-15(12-10-14)25-19(20(26)23-21(2,3)4)13-18(24-25)16-7-5-6-8-17(16)22/h5-13H,1-4H3,(H,23,26). The Morgan fingerprint density at radius 2 is 1.73 bits per heavy atom. The molecule has 1 N–H and O–H groups in total. The molecule has 1 aromatic heterocycles. The molecule has 0 aliphatic carbocycles. The molecule has 134 valence electrons. The summed E-state index contributed by atoms with van der Waals surface area (Å²) in [6.07, 6.45) is 0. The molecule has 1 amide bonds. The fourth-order valence-corrected chi connectivity index (χ4v) is 2.63. The van der Waals surface area contributed by atoms with E-state index in [-0.39, 0.29) is 11.7 Å². The number of benzene rings is 2. The molecule has 0 aliphatic heterocycles. The minimum absolute atomic E-state index is 0.256. The van der Waals surface area contributed by atoms with E-state index in [1.165, 1.54) is 6.07 Å². The monoisotopic (exact) mass is 351 g/mol. The number of nitrogens with one attached hydrogen (secondary N) is 1. The van der Waals surface area contributed by atoms with E-state index in [9.17, 15) is 9.18 Å². The Balaban J connectivity index is 2.13. The Hall–Kier alpha value is -2.95. The van der Waals surface area contributed by atoms with Gasteiger partial charge in [-0.25, -0.2) is 9.07 Å². The first-order valence-electron chi connectivity index (χ1n) is 8.49. The molecule has 0 saturated heterocycles. The van der Waals surface area contributed by atoms with Crippen LogP contribution in [0.2, 0.25) is 0 Å². The van der Waals surface area contributed by atoms with Gasteiger partial charge < -0.3 is 5.32 Å². The van der Waals surface area contributed by atoms with Gasteiger partial charge >= 0.3 is 0 Å². The lowest BCUT2D eigenvalue weighted by molar-refractivity contribution is 0.0911. The van der Waals surface area contributed by atoms with Gasteiger partial charge in [-0.05, 0) is 58.0 Å². The van der Waals surface area contributed by atoms with Crippen molar-refractivity contribution in [3.05, 3.63) is 71.7 Å². The maximum atomic E-state index is 14.2. The van der Waals surface area contributed by atoms with Crippen LogP contribution in [0.3, 0.4) is 0 Å². The van der Waals surface area contributed by atoms with Crippen molar-refractivity contribution in [1.29, 1.82) is 0 Å². The highest BCUT2D eigenvalue weighted by atomic mass is 19.1. The Morgan fingerprint density at radius 3 is 2.35 bits per heavy atom. The molecule has 0 aliphatic rings. The lowest BCUT2D eigenvalue weighted by Gasteiger charge is -2.20. The first kappa shape index (κ1) is 17.9. The van der Waals surface area contributed by atoms with E-state index in [1.807, 2.05) is 52.0 Å². The molecule has 2 aromatic carbocycles. The molecule has 3 aromatic rings. The minimum Gasteiger partial charge on any atom is -0.346 e. The van der Waals surface area contributed by atoms with Crippen LogP contribution in [0.5, 0.6) is 0 Å². The summed E-state index contributed by atoms with van der Waals surface area (Å²) in [5.41, 5.74) is 2.61. The van der Waals surface area contributed by atoms with Crippen LogP contribution in [-0.2, 0) is 0 Å². The van der Waals surface area contributed by atoms with E-state index in [1.54, 1.807) is 28.9 Å². The number of carbonyl (C=O) groups excluding carboxylic acids is 1. The summed E-state index contributed by atoms with van der Waals surface area (Å²) in [7, 11) is 0. The first-order valence-corrected chi connectivity index (χ1v) is 8.49. The molecule has 4 nitrogen and oxygen atoms in total. The Morgan fingerprint density at radius 1 is 1.08 bits per heavy atom. The van der Waals surface area contributed by atoms with Crippen molar-refractivity contribution in [2.24, 2.45) is 0 Å². The zero-order chi connectivity index (χ0) is 18.9. The van der Waals surface area contributed by atoms with Gasteiger partial charge in [0.2, 0.25) is 0 Å². The van der Waals surface area contributed by atoms with E-state index < -0.39 is 5.54 Å². The highest BCUT2D eigenvalue weighted by Crippen LogP contribution is 2.24. The average Bonchev–Trinajstić information content (AvgIpc) is 2.99. The van der Waals surface area contributed by atoms with Gasteiger partial charge in [0, 0.05) is 11.1 Å². The number of carbonyl (C=O) groups is 1. The number of halogens is 1. The van der Waals surface area contributed by atoms with Gasteiger partial charge in [-0.3, -0.25) is 4.79 Å². The Kier molecular flexibility index (Phi) is 4.64. The normalized spacial score (nSPS) is 11.4. The number of aromatic nitrogens is 2. The summed E-state index contributed by atoms with van der Waals surface area (Å²) in [4.78, 5) is 12.8. The number of nitrogens with zero attached hydrogens (tertiary/aromatic N) is 2. The number of hydrogen-bond donors (Lipinski definition) is 1. The third kappa shape index (κ3) is 3.82. The predicted octanol–water partition coefficient (Wildman–Crippen LogP) is 4.52. The maximum absolute atomic E-state index is 14.2. The topological polar surface area (TPSA) is 46.9 Å². The van der Waals surface area contributed by atoms with Crippen molar-refractivity contribution in [2.45, 2.75) is 33.2 Å². The fourth-order valence-electron chi connectivity index (χ4n) is 2.63. The van der Waals surface area contributed by atoms with Crippen molar-refractivity contribution in [3.8, 4) is 16.9 Å². The van der Waals surface area contributed by atoms with Gasteiger partial charge in [0.25, 0.3) is 5.91 Å². The molecule has 5 heteroatoms. The summed E-state index contributed by atoms with van der Waals surface area (Å²) in [5, 5.41) is 7.45. The predicted molar refractivity (Wildman–Crippen MR) is 101 cm³/mol. The van der Waals surface area contributed by atoms with Crippen LogP contribution >= 0.6 is 0 Å². The summed E-state index contributed by atoms with van der Waals surface area (Å²) < 4.78 is 15.8. The van der Waals surface area contributed by atoms with Crippen molar-refractivity contribution < 1.29 is 9.18 Å². The van der Waals surface area contributed by atoms with Gasteiger partial charge in [0.05, 0.1) is 11.4 Å². The van der Waals surface area contributed by atoms with Crippen molar-refractivity contribution in [1.82, 2.24) is 15.1 Å². The molecule has 0 fully saturated rings. The van der Waals surface area contributed by atoms with E-state index in [2.05, 4.69) is 10.4 Å². The quantitative estimate of drug-likeness (QED) is 0.754. The molecule has 0 spiro atoms. The van der Waals surface area contributed by atoms with E-state index in [0.29, 0.717) is 17.0 Å². The zero-order valence-electron chi connectivity index (χ0n) is 15.4. The summed E-state index contributed by atoms with van der Waals surface area (Å²) in [5.74, 6) is -0.628. The summed E-state index contributed by atoms with van der Waals surface area (Å²) in [6, 6.07) is 15.7. The zero-order valence-corrected chi connectivity index (χ0v) is 15.4. The molecular weight excluding hydrogens is 329 g/mol. The van der Waals surface area contributed by atoms with Crippen LogP contribution < -0.4 is 5.32 Å². The smallest absolute Gasteiger partial charge is 0.270 e. The van der Waals surface area contributed by atoms with Crippen LogP contribution in [0.1, 0.15) is 36.8 Å². The van der Waals surface area contributed by atoms with Crippen molar-refractivity contribution in [3.63, 3.8) is 0 Å². The third-order valence-corrected chi connectivity index (χ3v) is 3.86. The molecular formula is C21H22FN3O. The second-order valence-corrected chi connectivity index (χ2v) is 7.35. The van der Waals surface area contributed by atoms with Gasteiger partial charge in [0.15, 0.2) is 0 Å². The highest BCUT2D eigenvalue weighted by Gasteiger charge is 2.22. The van der Waals surface area contributed by atoms with Crippen molar-refractivity contribution in [2.75, 3.05) is 0 Å². The number of aryl methyl sites for hydroxylation is 1. The number of rotatable bonds is 3. The molecule has 0 unspecified atom stereocenters. The Bertz CT molecular complexity index is 937. The lowest BCUT2D eigenvalue weighted by Crippen LogP contribution is -2.41. The van der Waals surface area contributed by atoms with Crippen LogP contribution in [0.4, 0.5) is 4.39 Å². The fraction of sp³-hybridized carbons (Fsp3) is 0.238. The van der Waals surface area contributed by atoms with E-state index in [0.717, 1.165) is 11.3 Å². The molecule has 0 radical (unpaired) electrons. The third-order valence-electron chi connectivity index (χ3n) is 3.86. The number of hydrogen-bond acceptors (Lipinski definition) is 2. The van der Waals surface area contributed by atoms with Gasteiger partial charge in [-0.2, -0.15) is 5.10 Å². The van der Waals surface area contributed by atoms with E-state index in [4.69, 9.17) is 0 Å². The van der Waals surface area contributed by atoms with Crippen LogP contribution in [0, 0.1) is 12.7 Å². The average molecular weight is 351 g/mol. The van der Waals surface area contributed by atoms with Crippen molar-refractivity contribution >= 4 is 5.91 Å². The minimum atomic E-state index is -0.391. The largest absolute Gasteiger partial charge is 0.346 e. The molecule has 0 atom stereocenters. The molecule has 0 saturated carbocycles. The van der Waals surface area contributed by atoms with Gasteiger partial charge in [0.1, 0.15) is 11.5 Å². The van der Waals surface area contributed by atoms with E-state index >= 15 is 0 Å². The van der Waals surface area contributed by atoms with Crippen LogP contribution in [-0.4, -0.2) is 21.2 Å². The second-order valence-electron chi connectivity index (χ2n) is 7.35. The van der Waals surface area contributed by atoms with Gasteiger partial charge in [-0.1, -0.05) is 29.8 Å². The van der Waals surface area contributed by atoms with Gasteiger partial charge in [-0.15, -0.1) is 0 Å². The Labute approximate surface area is 152 Å². The number of amides is 1. The molecule has 3 rings (SSSR count). The summed E-state index contributed by atoms with van der Waals surface area (Å²) in [6.45, 7) is 7.73. The molecule has 0 bridgehead atoms. The second kappa shape index (κ2) is 6.75. The lowest BCUT2D eigenvalue weighted by atomic mass is 10.1. The summed E-state index contributed by atoms with van der Waals surface area (Å²) >= 11 is 0. The maximum Gasteiger partial charge on any atom is 0.270 e. The molecule has 26 heavy (non-hydrogen) atoms.